The van der Waals surface area contributed by atoms with Gasteiger partial charge in [-0.15, -0.1) is 0 Å². The fourth-order valence-electron chi connectivity index (χ4n) is 4.35. The molecule has 3 aromatic carbocycles. The smallest absolute Gasteiger partial charge is 0.247 e. The first-order valence-corrected chi connectivity index (χ1v) is 14.8. The molecule has 10 heteroatoms. The Balaban J connectivity index is 1.55. The number of aliphatic hydroxyl groups is 1. The Morgan fingerprint density at radius 2 is 1.62 bits per heavy atom. The van der Waals surface area contributed by atoms with Crippen molar-refractivity contribution in [1.82, 2.24) is 14.9 Å². The van der Waals surface area contributed by atoms with E-state index in [9.17, 15) is 23.1 Å². The number of amides is 2. The average Bonchev–Trinajstić information content (AvgIpc) is 3.79. The molecule has 0 heterocycles. The van der Waals surface area contributed by atoms with Crippen LogP contribution in [0.5, 0.6) is 5.75 Å². The van der Waals surface area contributed by atoms with Crippen molar-refractivity contribution < 1.29 is 27.9 Å². The van der Waals surface area contributed by atoms with Crippen molar-refractivity contribution in [2.45, 2.75) is 49.2 Å². The van der Waals surface area contributed by atoms with E-state index in [0.717, 1.165) is 24.0 Å². The van der Waals surface area contributed by atoms with E-state index in [2.05, 4.69) is 10.0 Å². The maximum atomic E-state index is 13.8. The molecule has 0 spiro atoms. The van der Waals surface area contributed by atoms with E-state index in [1.807, 2.05) is 30.3 Å². The van der Waals surface area contributed by atoms with Crippen LogP contribution in [0, 0.1) is 0 Å². The molecule has 1 aliphatic rings. The summed E-state index contributed by atoms with van der Waals surface area (Å²) in [4.78, 5) is 28.8. The second-order valence-electron chi connectivity index (χ2n) is 9.74. The molecule has 0 radical (unpaired) electrons. The van der Waals surface area contributed by atoms with Gasteiger partial charge in [0.2, 0.25) is 21.8 Å². The second-order valence-corrected chi connectivity index (χ2v) is 11.5. The van der Waals surface area contributed by atoms with Crippen molar-refractivity contribution in [3.05, 3.63) is 95.6 Å². The average molecular weight is 566 g/mol. The Morgan fingerprint density at radius 3 is 2.23 bits per heavy atom. The Labute approximate surface area is 235 Å². The van der Waals surface area contributed by atoms with Crippen LogP contribution in [0.25, 0.3) is 0 Å². The van der Waals surface area contributed by atoms with Crippen LogP contribution in [0.2, 0.25) is 0 Å². The third-order valence-electron chi connectivity index (χ3n) is 6.68. The van der Waals surface area contributed by atoms with Gasteiger partial charge in [-0.3, -0.25) is 9.59 Å². The highest BCUT2D eigenvalue weighted by Gasteiger charge is 2.31. The summed E-state index contributed by atoms with van der Waals surface area (Å²) >= 11 is 0. The molecule has 4 rings (SSSR count). The van der Waals surface area contributed by atoms with Gasteiger partial charge in [-0.1, -0.05) is 54.6 Å². The summed E-state index contributed by atoms with van der Waals surface area (Å²) in [5.41, 5.74) is 2.28. The Morgan fingerprint density at radius 1 is 0.975 bits per heavy atom. The van der Waals surface area contributed by atoms with Gasteiger partial charge < -0.3 is 20.1 Å². The molecule has 0 aliphatic heterocycles. The minimum atomic E-state index is -3.55. The van der Waals surface area contributed by atoms with Crippen molar-refractivity contribution in [3.8, 4) is 5.75 Å². The first-order valence-electron chi connectivity index (χ1n) is 13.3. The SMILES string of the molecule is COc1ccc(CN(C(=O)CCc2ccc(S(=O)(=O)NC3CC3)cc2)[C@@H](C(=O)NCCO)c2ccccc2)cc1. The number of aryl methyl sites for hydroxylation is 1. The van der Waals surface area contributed by atoms with Crippen molar-refractivity contribution in [1.29, 1.82) is 0 Å². The Hall–Kier alpha value is -3.73. The summed E-state index contributed by atoms with van der Waals surface area (Å²) in [7, 11) is -1.98. The van der Waals surface area contributed by atoms with Crippen molar-refractivity contribution in [3.63, 3.8) is 0 Å². The van der Waals surface area contributed by atoms with E-state index in [4.69, 9.17) is 4.74 Å². The van der Waals surface area contributed by atoms with Crippen LogP contribution in [0.3, 0.4) is 0 Å². The molecule has 0 aromatic heterocycles. The van der Waals surface area contributed by atoms with E-state index < -0.39 is 16.1 Å². The van der Waals surface area contributed by atoms with Gasteiger partial charge in [-0.25, -0.2) is 13.1 Å². The number of carbonyl (C=O) groups excluding carboxylic acids is 2. The van der Waals surface area contributed by atoms with Crippen LogP contribution in [0.15, 0.2) is 83.8 Å². The summed E-state index contributed by atoms with van der Waals surface area (Å²) in [6.07, 6.45) is 2.19. The van der Waals surface area contributed by atoms with E-state index >= 15 is 0 Å². The van der Waals surface area contributed by atoms with Gasteiger partial charge >= 0.3 is 0 Å². The van der Waals surface area contributed by atoms with Crippen molar-refractivity contribution in [2.75, 3.05) is 20.3 Å². The zero-order chi connectivity index (χ0) is 28.5. The molecular formula is C30H35N3O6S. The van der Waals surface area contributed by atoms with Crippen molar-refractivity contribution in [2.24, 2.45) is 0 Å². The molecule has 40 heavy (non-hydrogen) atoms. The fourth-order valence-corrected chi connectivity index (χ4v) is 5.66. The van der Waals surface area contributed by atoms with Crippen LogP contribution in [-0.2, 0) is 32.6 Å². The third kappa shape index (κ3) is 7.91. The fraction of sp³-hybridized carbons (Fsp3) is 0.333. The van der Waals surface area contributed by atoms with Crippen LogP contribution >= 0.6 is 0 Å². The second kappa shape index (κ2) is 13.6. The number of methoxy groups -OCH3 is 1. The van der Waals surface area contributed by atoms with Crippen LogP contribution < -0.4 is 14.8 Å². The molecule has 0 saturated heterocycles. The molecule has 3 N–H and O–H groups in total. The summed E-state index contributed by atoms with van der Waals surface area (Å²) in [6.45, 7) is 0.0259. The molecular weight excluding hydrogens is 530 g/mol. The highest BCUT2D eigenvalue weighted by atomic mass is 32.2. The normalized spacial score (nSPS) is 13.8. The van der Waals surface area contributed by atoms with Gasteiger partial charge in [0, 0.05) is 25.6 Å². The molecule has 9 nitrogen and oxygen atoms in total. The van der Waals surface area contributed by atoms with E-state index in [0.29, 0.717) is 17.7 Å². The van der Waals surface area contributed by atoms with Crippen LogP contribution in [0.1, 0.15) is 42.0 Å². The minimum Gasteiger partial charge on any atom is -0.497 e. The molecule has 0 bridgehead atoms. The van der Waals surface area contributed by atoms with Gasteiger partial charge in [0.15, 0.2) is 0 Å². The molecule has 1 fully saturated rings. The number of nitrogens with one attached hydrogen (secondary N) is 2. The minimum absolute atomic E-state index is 0.0196. The number of benzene rings is 3. The quantitative estimate of drug-likeness (QED) is 0.276. The number of ether oxygens (including phenoxy) is 1. The lowest BCUT2D eigenvalue weighted by Crippen LogP contribution is -2.44. The molecule has 0 unspecified atom stereocenters. The van der Waals surface area contributed by atoms with E-state index in [-0.39, 0.29) is 48.9 Å². The number of nitrogens with zero attached hydrogens (tertiary/aromatic N) is 1. The van der Waals surface area contributed by atoms with E-state index in [1.165, 1.54) is 0 Å². The van der Waals surface area contributed by atoms with Crippen molar-refractivity contribution >= 4 is 21.8 Å². The number of rotatable bonds is 14. The monoisotopic (exact) mass is 565 g/mol. The highest BCUT2D eigenvalue weighted by molar-refractivity contribution is 7.89. The molecule has 1 atom stereocenters. The Kier molecular flexibility index (Phi) is 9.92. The van der Waals surface area contributed by atoms with Gasteiger partial charge in [-0.2, -0.15) is 0 Å². The first-order chi connectivity index (χ1) is 19.3. The molecule has 3 aromatic rings. The molecule has 2 amide bonds. The lowest BCUT2D eigenvalue weighted by Gasteiger charge is -2.32. The first kappa shape index (κ1) is 29.3. The predicted octanol–water partition coefficient (Wildman–Crippen LogP) is 2.95. The number of carbonyl (C=O) groups is 2. The number of hydrogen-bond acceptors (Lipinski definition) is 6. The maximum Gasteiger partial charge on any atom is 0.247 e. The molecule has 1 saturated carbocycles. The summed E-state index contributed by atoms with van der Waals surface area (Å²) in [5, 5.41) is 12.0. The summed E-state index contributed by atoms with van der Waals surface area (Å²) < 4.78 is 32.9. The Bertz CT molecular complexity index is 1380. The molecule has 1 aliphatic carbocycles. The number of hydrogen-bond donors (Lipinski definition) is 3. The lowest BCUT2D eigenvalue weighted by atomic mass is 10.0. The van der Waals surface area contributed by atoms with Crippen LogP contribution in [-0.4, -0.2) is 56.5 Å². The lowest BCUT2D eigenvalue weighted by molar-refractivity contribution is -0.141. The van der Waals surface area contributed by atoms with Gasteiger partial charge in [0.1, 0.15) is 11.8 Å². The zero-order valence-corrected chi connectivity index (χ0v) is 23.3. The standard InChI is InChI=1S/C30H35N3O6S/c1-39-26-14-7-23(8-15-26)21-33(29(30(36)31-19-20-34)24-5-3-2-4-6-24)28(35)18-11-22-9-16-27(17-10-22)40(37,38)32-25-12-13-25/h2-10,14-17,25,29,32,34H,11-13,18-21H2,1H3,(H,31,36)/t29-/m1/s1. The largest absolute Gasteiger partial charge is 0.497 e. The molecule has 212 valence electrons. The van der Waals surface area contributed by atoms with Gasteiger partial charge in [0.05, 0.1) is 18.6 Å². The third-order valence-corrected chi connectivity index (χ3v) is 8.22. The maximum absolute atomic E-state index is 13.8. The highest BCUT2D eigenvalue weighted by Crippen LogP contribution is 2.26. The zero-order valence-electron chi connectivity index (χ0n) is 22.5. The summed E-state index contributed by atoms with van der Waals surface area (Å²) in [5.74, 6) is 0.0514. The van der Waals surface area contributed by atoms with Gasteiger partial charge in [0.25, 0.3) is 0 Å². The van der Waals surface area contributed by atoms with Gasteiger partial charge in [-0.05, 0) is 60.2 Å². The number of aliphatic hydroxyl groups excluding tert-OH is 1. The van der Waals surface area contributed by atoms with Crippen LogP contribution in [0.4, 0.5) is 0 Å². The topological polar surface area (TPSA) is 125 Å². The summed E-state index contributed by atoms with van der Waals surface area (Å²) in [6, 6.07) is 22.0. The van der Waals surface area contributed by atoms with E-state index in [1.54, 1.807) is 60.5 Å². The number of sulfonamides is 1. The predicted molar refractivity (Wildman–Crippen MR) is 151 cm³/mol.